The maximum atomic E-state index is 13.1. The second kappa shape index (κ2) is 7.01. The zero-order valence-electron chi connectivity index (χ0n) is 15.2. The van der Waals surface area contributed by atoms with Crippen molar-refractivity contribution < 1.29 is 4.79 Å². The molecule has 1 aromatic heterocycles. The Morgan fingerprint density at radius 2 is 1.69 bits per heavy atom. The molecule has 6 rings (SSSR count). The van der Waals surface area contributed by atoms with Gasteiger partial charge in [-0.15, -0.1) is 12.4 Å². The molecule has 26 heavy (non-hydrogen) atoms. The second-order valence-corrected chi connectivity index (χ2v) is 8.79. The SMILES string of the molecule is Cl.O=C(Nc1ccc(N2CCNCC2)cn1)C12CC3CC(CC(C3)C1)C2. The molecule has 2 N–H and O–H groups in total. The Labute approximate surface area is 161 Å². The normalized spacial score (nSPS) is 35.1. The molecule has 1 saturated heterocycles. The van der Waals surface area contributed by atoms with Gasteiger partial charge < -0.3 is 15.5 Å². The minimum absolute atomic E-state index is 0. The fourth-order valence-corrected chi connectivity index (χ4v) is 6.21. The first-order chi connectivity index (χ1) is 12.2. The highest BCUT2D eigenvalue weighted by Crippen LogP contribution is 2.60. The third kappa shape index (κ3) is 3.20. The first kappa shape index (κ1) is 18.1. The van der Waals surface area contributed by atoms with E-state index in [0.29, 0.717) is 5.82 Å². The molecule has 4 saturated carbocycles. The summed E-state index contributed by atoms with van der Waals surface area (Å²) in [5, 5.41) is 6.51. The number of nitrogens with one attached hydrogen (secondary N) is 2. The van der Waals surface area contributed by atoms with Gasteiger partial charge in [-0.05, 0) is 68.4 Å². The Balaban J connectivity index is 0.00000168. The molecule has 4 bridgehead atoms. The number of amides is 1. The molecule has 1 amide bonds. The van der Waals surface area contributed by atoms with Crippen molar-refractivity contribution in [2.45, 2.75) is 38.5 Å². The van der Waals surface area contributed by atoms with Crippen molar-refractivity contribution in [1.82, 2.24) is 10.3 Å². The van der Waals surface area contributed by atoms with Crippen LogP contribution in [0.2, 0.25) is 0 Å². The van der Waals surface area contributed by atoms with Crippen LogP contribution in [0.1, 0.15) is 38.5 Å². The van der Waals surface area contributed by atoms with Gasteiger partial charge in [0.2, 0.25) is 5.91 Å². The molecule has 0 radical (unpaired) electrons. The van der Waals surface area contributed by atoms with E-state index in [2.05, 4.69) is 26.6 Å². The first-order valence-electron chi connectivity index (χ1n) is 9.93. The summed E-state index contributed by atoms with van der Waals surface area (Å²) in [6.45, 7) is 4.07. The van der Waals surface area contributed by atoms with Gasteiger partial charge in [0.15, 0.2) is 0 Å². The lowest BCUT2D eigenvalue weighted by molar-refractivity contribution is -0.140. The first-order valence-corrected chi connectivity index (χ1v) is 9.93. The van der Waals surface area contributed by atoms with Crippen molar-refractivity contribution >= 4 is 29.8 Å². The summed E-state index contributed by atoms with van der Waals surface area (Å²) in [7, 11) is 0. The van der Waals surface area contributed by atoms with Crippen LogP contribution in [0.25, 0.3) is 0 Å². The van der Waals surface area contributed by atoms with Crippen LogP contribution in [0.4, 0.5) is 11.5 Å². The summed E-state index contributed by atoms with van der Waals surface area (Å²) >= 11 is 0. The summed E-state index contributed by atoms with van der Waals surface area (Å²) in [4.78, 5) is 20.0. The van der Waals surface area contributed by atoms with E-state index in [9.17, 15) is 4.79 Å². The number of nitrogens with zero attached hydrogens (tertiary/aromatic N) is 2. The standard InChI is InChI=1S/C20H28N4O.ClH/c25-19(20-10-14-7-15(11-20)9-16(8-14)12-20)23-18-2-1-17(13-22-18)24-5-3-21-4-6-24;/h1-2,13-16,21H,3-12H2,(H,22,23,25);1H. The lowest BCUT2D eigenvalue weighted by Crippen LogP contribution is -2.51. The Bertz CT molecular complexity index is 621. The van der Waals surface area contributed by atoms with Crippen LogP contribution in [-0.4, -0.2) is 37.1 Å². The maximum absolute atomic E-state index is 13.1. The number of anilines is 2. The van der Waals surface area contributed by atoms with Gasteiger partial charge in [-0.2, -0.15) is 0 Å². The maximum Gasteiger partial charge on any atom is 0.231 e. The van der Waals surface area contributed by atoms with Crippen molar-refractivity contribution in [3.63, 3.8) is 0 Å². The van der Waals surface area contributed by atoms with E-state index in [1.165, 1.54) is 19.3 Å². The van der Waals surface area contributed by atoms with Gasteiger partial charge in [0.1, 0.15) is 5.82 Å². The van der Waals surface area contributed by atoms with Crippen LogP contribution in [-0.2, 0) is 4.79 Å². The fraction of sp³-hybridized carbons (Fsp3) is 0.700. The molecule has 4 aliphatic carbocycles. The van der Waals surface area contributed by atoms with Crippen LogP contribution < -0.4 is 15.5 Å². The van der Waals surface area contributed by atoms with Crippen LogP contribution >= 0.6 is 12.4 Å². The molecule has 5 fully saturated rings. The van der Waals surface area contributed by atoms with Crippen LogP contribution in [0.5, 0.6) is 0 Å². The van der Waals surface area contributed by atoms with Gasteiger partial charge in [-0.3, -0.25) is 4.79 Å². The lowest BCUT2D eigenvalue weighted by Gasteiger charge is -2.55. The molecule has 0 spiro atoms. The van der Waals surface area contributed by atoms with E-state index in [0.717, 1.165) is 68.9 Å². The zero-order chi connectivity index (χ0) is 16.9. The number of piperazine rings is 1. The minimum Gasteiger partial charge on any atom is -0.368 e. The molecule has 1 aromatic rings. The number of aromatic nitrogens is 1. The van der Waals surface area contributed by atoms with Gasteiger partial charge >= 0.3 is 0 Å². The van der Waals surface area contributed by atoms with E-state index in [1.54, 1.807) is 0 Å². The molecule has 0 unspecified atom stereocenters. The Morgan fingerprint density at radius 1 is 1.08 bits per heavy atom. The van der Waals surface area contributed by atoms with Gasteiger partial charge in [0.25, 0.3) is 0 Å². The number of pyridine rings is 1. The molecule has 142 valence electrons. The second-order valence-electron chi connectivity index (χ2n) is 8.79. The third-order valence-corrected chi connectivity index (χ3v) is 6.99. The third-order valence-electron chi connectivity index (χ3n) is 6.99. The van der Waals surface area contributed by atoms with Crippen molar-refractivity contribution in [1.29, 1.82) is 0 Å². The van der Waals surface area contributed by atoms with Gasteiger partial charge in [-0.1, -0.05) is 0 Å². The summed E-state index contributed by atoms with van der Waals surface area (Å²) < 4.78 is 0. The summed E-state index contributed by atoms with van der Waals surface area (Å²) in [6.07, 6.45) is 9.30. The summed E-state index contributed by atoms with van der Waals surface area (Å²) in [6, 6.07) is 4.06. The zero-order valence-corrected chi connectivity index (χ0v) is 16.1. The average Bonchev–Trinajstić information content (AvgIpc) is 2.62. The van der Waals surface area contributed by atoms with Crippen molar-refractivity contribution in [2.75, 3.05) is 36.4 Å². The number of hydrogen-bond acceptors (Lipinski definition) is 4. The largest absolute Gasteiger partial charge is 0.368 e. The molecule has 5 aliphatic rings. The number of carbonyl (C=O) groups excluding carboxylic acids is 1. The van der Waals surface area contributed by atoms with Crippen LogP contribution in [0, 0.1) is 23.2 Å². The van der Waals surface area contributed by atoms with E-state index in [1.807, 2.05) is 12.3 Å². The van der Waals surface area contributed by atoms with E-state index in [-0.39, 0.29) is 23.7 Å². The molecule has 0 atom stereocenters. The Hall–Kier alpha value is -1.33. The van der Waals surface area contributed by atoms with Gasteiger partial charge in [0.05, 0.1) is 17.3 Å². The summed E-state index contributed by atoms with van der Waals surface area (Å²) in [5.41, 5.74) is 1.04. The van der Waals surface area contributed by atoms with Crippen molar-refractivity contribution in [3.8, 4) is 0 Å². The Morgan fingerprint density at radius 3 is 2.23 bits per heavy atom. The molecule has 1 aliphatic heterocycles. The van der Waals surface area contributed by atoms with Crippen LogP contribution in [0.3, 0.4) is 0 Å². The molecule has 0 aromatic carbocycles. The highest BCUT2D eigenvalue weighted by Gasteiger charge is 2.54. The molecule has 2 heterocycles. The number of halogens is 1. The Kier molecular flexibility index (Phi) is 4.86. The summed E-state index contributed by atoms with van der Waals surface area (Å²) in [5.74, 6) is 3.31. The van der Waals surface area contributed by atoms with Gasteiger partial charge in [0, 0.05) is 26.2 Å². The number of carbonyl (C=O) groups is 1. The highest BCUT2D eigenvalue weighted by molar-refractivity contribution is 5.95. The predicted octanol–water partition coefficient (Wildman–Crippen LogP) is 3.07. The van der Waals surface area contributed by atoms with Gasteiger partial charge in [-0.25, -0.2) is 4.98 Å². The van der Waals surface area contributed by atoms with E-state index < -0.39 is 0 Å². The molecule has 6 heteroatoms. The van der Waals surface area contributed by atoms with E-state index in [4.69, 9.17) is 0 Å². The smallest absolute Gasteiger partial charge is 0.231 e. The number of hydrogen-bond donors (Lipinski definition) is 2. The quantitative estimate of drug-likeness (QED) is 0.851. The van der Waals surface area contributed by atoms with Crippen LogP contribution in [0.15, 0.2) is 18.3 Å². The van der Waals surface area contributed by atoms with Crippen molar-refractivity contribution in [3.05, 3.63) is 18.3 Å². The predicted molar refractivity (Wildman–Crippen MR) is 106 cm³/mol. The topological polar surface area (TPSA) is 57.3 Å². The monoisotopic (exact) mass is 376 g/mol. The lowest BCUT2D eigenvalue weighted by atomic mass is 9.49. The average molecular weight is 377 g/mol. The molecular formula is C20H29ClN4O. The van der Waals surface area contributed by atoms with Crippen molar-refractivity contribution in [2.24, 2.45) is 23.2 Å². The molecular weight excluding hydrogens is 348 g/mol. The highest BCUT2D eigenvalue weighted by atomic mass is 35.5. The fourth-order valence-electron chi connectivity index (χ4n) is 6.21. The number of rotatable bonds is 3. The van der Waals surface area contributed by atoms with E-state index >= 15 is 0 Å². The minimum atomic E-state index is -0.104. The molecule has 5 nitrogen and oxygen atoms in total.